The fraction of sp³-hybridized carbons (Fsp3) is 0.174. The topological polar surface area (TPSA) is 54.0 Å². The monoisotopic (exact) mass is 384 g/mol. The van der Waals surface area contributed by atoms with Gasteiger partial charge in [-0.25, -0.2) is 9.97 Å². The molecule has 4 rings (SSSR count). The van der Waals surface area contributed by atoms with Crippen molar-refractivity contribution in [2.24, 2.45) is 0 Å². The van der Waals surface area contributed by atoms with E-state index in [0.29, 0.717) is 11.3 Å². The van der Waals surface area contributed by atoms with Crippen LogP contribution in [0.4, 0.5) is 0 Å². The number of hydrogen-bond donors (Lipinski definition) is 0. The van der Waals surface area contributed by atoms with Gasteiger partial charge in [0.1, 0.15) is 16.7 Å². The summed E-state index contributed by atoms with van der Waals surface area (Å²) >= 11 is 1.59. The molecule has 0 bridgehead atoms. The summed E-state index contributed by atoms with van der Waals surface area (Å²) in [6.45, 7) is 6.01. The fourth-order valence-electron chi connectivity index (χ4n) is 3.34. The lowest BCUT2D eigenvalue weighted by Crippen LogP contribution is -1.97. The zero-order valence-electron chi connectivity index (χ0n) is 16.1. The van der Waals surface area contributed by atoms with Crippen molar-refractivity contribution < 1.29 is 0 Å². The molecule has 28 heavy (non-hydrogen) atoms. The van der Waals surface area contributed by atoms with Gasteiger partial charge in [-0.15, -0.1) is 0 Å². The Labute approximate surface area is 168 Å². The molecule has 0 aliphatic rings. The number of aromatic nitrogens is 3. The highest BCUT2D eigenvalue weighted by molar-refractivity contribution is 7.98. The van der Waals surface area contributed by atoms with Gasteiger partial charge in [0.2, 0.25) is 0 Å². The summed E-state index contributed by atoms with van der Waals surface area (Å²) in [6, 6.07) is 18.6. The van der Waals surface area contributed by atoms with Crippen molar-refractivity contribution in [1.29, 1.82) is 5.26 Å². The SMILES string of the molecule is Cc1ccc2nc(-c3ccccc3)c(CSc3nc(C)cc(C)c3C#N)n2c1. The Balaban J connectivity index is 1.81. The molecule has 4 nitrogen and oxygen atoms in total. The van der Waals surface area contributed by atoms with E-state index in [9.17, 15) is 5.26 Å². The van der Waals surface area contributed by atoms with E-state index in [1.165, 1.54) is 5.56 Å². The molecule has 0 N–H and O–H groups in total. The molecule has 0 saturated heterocycles. The van der Waals surface area contributed by atoms with Gasteiger partial charge in [-0.3, -0.25) is 0 Å². The number of nitriles is 1. The van der Waals surface area contributed by atoms with E-state index >= 15 is 0 Å². The van der Waals surface area contributed by atoms with Crippen LogP contribution in [0.25, 0.3) is 16.9 Å². The summed E-state index contributed by atoms with van der Waals surface area (Å²) in [7, 11) is 0. The van der Waals surface area contributed by atoms with Crippen LogP contribution in [0.1, 0.15) is 28.1 Å². The van der Waals surface area contributed by atoms with Crippen LogP contribution in [0.3, 0.4) is 0 Å². The van der Waals surface area contributed by atoms with E-state index in [4.69, 9.17) is 4.98 Å². The van der Waals surface area contributed by atoms with Gasteiger partial charge in [-0.1, -0.05) is 48.2 Å². The Morgan fingerprint density at radius 1 is 1.04 bits per heavy atom. The highest BCUT2D eigenvalue weighted by Crippen LogP contribution is 2.32. The minimum atomic E-state index is 0.655. The number of pyridine rings is 2. The molecule has 3 heterocycles. The first-order valence-electron chi connectivity index (χ1n) is 9.11. The minimum absolute atomic E-state index is 0.655. The van der Waals surface area contributed by atoms with Gasteiger partial charge in [-0.05, 0) is 44.0 Å². The second kappa shape index (κ2) is 7.49. The lowest BCUT2D eigenvalue weighted by Gasteiger charge is -2.09. The van der Waals surface area contributed by atoms with Crippen molar-refractivity contribution in [3.8, 4) is 17.3 Å². The summed E-state index contributed by atoms with van der Waals surface area (Å²) in [5.74, 6) is 0.680. The molecule has 1 aromatic carbocycles. The number of aryl methyl sites for hydroxylation is 3. The zero-order valence-corrected chi connectivity index (χ0v) is 16.9. The maximum atomic E-state index is 9.57. The van der Waals surface area contributed by atoms with E-state index in [-0.39, 0.29) is 0 Å². The number of benzene rings is 1. The van der Waals surface area contributed by atoms with E-state index in [1.54, 1.807) is 11.8 Å². The third-order valence-corrected chi connectivity index (χ3v) is 5.67. The molecule has 0 spiro atoms. The molecule has 0 radical (unpaired) electrons. The molecule has 138 valence electrons. The molecule has 0 amide bonds. The number of rotatable bonds is 4. The lowest BCUT2D eigenvalue weighted by molar-refractivity contribution is 1.02. The summed E-state index contributed by atoms with van der Waals surface area (Å²) in [4.78, 5) is 9.49. The first-order valence-corrected chi connectivity index (χ1v) is 10.1. The van der Waals surface area contributed by atoms with Crippen LogP contribution in [0, 0.1) is 32.1 Å². The Bertz CT molecular complexity index is 1200. The standard InChI is InChI=1S/C23H20N4S/c1-15-9-10-21-26-22(18-7-5-4-6-8-18)20(27(21)13-15)14-28-23-19(12-24)16(2)11-17(3)25-23/h4-11,13H,14H2,1-3H3. The molecule has 0 aliphatic carbocycles. The molecule has 0 unspecified atom stereocenters. The van der Waals surface area contributed by atoms with E-state index in [2.05, 4.69) is 46.8 Å². The summed E-state index contributed by atoms with van der Waals surface area (Å²) in [6.07, 6.45) is 2.12. The highest BCUT2D eigenvalue weighted by atomic mass is 32.2. The van der Waals surface area contributed by atoms with Gasteiger partial charge >= 0.3 is 0 Å². The Kier molecular flexibility index (Phi) is 4.89. The van der Waals surface area contributed by atoms with Crippen LogP contribution in [0.15, 0.2) is 59.8 Å². The van der Waals surface area contributed by atoms with E-state index < -0.39 is 0 Å². The van der Waals surface area contributed by atoms with Crippen molar-refractivity contribution >= 4 is 17.4 Å². The van der Waals surface area contributed by atoms with Gasteiger partial charge < -0.3 is 4.40 Å². The van der Waals surface area contributed by atoms with Crippen molar-refractivity contribution in [3.05, 3.63) is 82.8 Å². The molecule has 3 aromatic heterocycles. The van der Waals surface area contributed by atoms with Crippen molar-refractivity contribution in [2.45, 2.75) is 31.6 Å². The van der Waals surface area contributed by atoms with Crippen molar-refractivity contribution in [3.63, 3.8) is 0 Å². The quantitative estimate of drug-likeness (QED) is 0.437. The number of hydrogen-bond acceptors (Lipinski definition) is 4. The maximum Gasteiger partial charge on any atom is 0.137 e. The summed E-state index contributed by atoms with van der Waals surface area (Å²) in [5.41, 5.74) is 7.83. The zero-order chi connectivity index (χ0) is 19.7. The average Bonchev–Trinajstić information content (AvgIpc) is 3.04. The molecular formula is C23H20N4S. The van der Waals surface area contributed by atoms with Gasteiger partial charge in [0.25, 0.3) is 0 Å². The van der Waals surface area contributed by atoms with Crippen molar-refractivity contribution in [1.82, 2.24) is 14.4 Å². The van der Waals surface area contributed by atoms with E-state index in [0.717, 1.165) is 38.9 Å². The third kappa shape index (κ3) is 3.39. The average molecular weight is 385 g/mol. The molecular weight excluding hydrogens is 364 g/mol. The lowest BCUT2D eigenvalue weighted by atomic mass is 10.1. The first kappa shape index (κ1) is 18.3. The third-order valence-electron chi connectivity index (χ3n) is 4.68. The van der Waals surface area contributed by atoms with Crippen molar-refractivity contribution in [2.75, 3.05) is 0 Å². The normalized spacial score (nSPS) is 10.9. The fourth-order valence-corrected chi connectivity index (χ4v) is 4.45. The molecule has 0 saturated carbocycles. The van der Waals surface area contributed by atoms with Crippen LogP contribution < -0.4 is 0 Å². The first-order chi connectivity index (χ1) is 13.6. The van der Waals surface area contributed by atoms with Crippen LogP contribution in [-0.4, -0.2) is 14.4 Å². The molecule has 4 aromatic rings. The molecule has 0 atom stereocenters. The van der Waals surface area contributed by atoms with Gasteiger partial charge in [0.15, 0.2) is 0 Å². The smallest absolute Gasteiger partial charge is 0.137 e. The van der Waals surface area contributed by atoms with Crippen LogP contribution in [0.5, 0.6) is 0 Å². The Morgan fingerprint density at radius 2 is 1.82 bits per heavy atom. The maximum absolute atomic E-state index is 9.57. The molecule has 5 heteroatoms. The highest BCUT2D eigenvalue weighted by Gasteiger charge is 2.16. The van der Waals surface area contributed by atoms with Gasteiger partial charge in [0.05, 0.1) is 17.0 Å². The van der Waals surface area contributed by atoms with E-state index in [1.807, 2.05) is 44.2 Å². The van der Waals surface area contributed by atoms with Crippen LogP contribution in [0.2, 0.25) is 0 Å². The number of imidazole rings is 1. The number of thioether (sulfide) groups is 1. The summed E-state index contributed by atoms with van der Waals surface area (Å²) < 4.78 is 2.15. The molecule has 0 fully saturated rings. The number of fused-ring (bicyclic) bond motifs is 1. The summed E-state index contributed by atoms with van der Waals surface area (Å²) in [5, 5.41) is 10.3. The van der Waals surface area contributed by atoms with Crippen LogP contribution in [-0.2, 0) is 5.75 Å². The largest absolute Gasteiger partial charge is 0.302 e. The van der Waals surface area contributed by atoms with Gasteiger partial charge in [0, 0.05) is 23.2 Å². The minimum Gasteiger partial charge on any atom is -0.302 e. The second-order valence-corrected chi connectivity index (χ2v) is 7.83. The molecule has 0 aliphatic heterocycles. The Morgan fingerprint density at radius 3 is 2.57 bits per heavy atom. The Hall–Kier alpha value is -3.10. The van der Waals surface area contributed by atoms with Gasteiger partial charge in [-0.2, -0.15) is 5.26 Å². The predicted octanol–water partition coefficient (Wildman–Crippen LogP) is 5.49. The number of nitrogens with zero attached hydrogens (tertiary/aromatic N) is 4. The van der Waals surface area contributed by atoms with Crippen LogP contribution >= 0.6 is 11.8 Å². The predicted molar refractivity (Wildman–Crippen MR) is 113 cm³/mol. The second-order valence-electron chi connectivity index (χ2n) is 6.87.